The van der Waals surface area contributed by atoms with E-state index >= 15 is 0 Å². The number of halogens is 1. The number of anilines is 1. The third kappa shape index (κ3) is 9.64. The van der Waals surface area contributed by atoms with Crippen LogP contribution in [0.1, 0.15) is 20.8 Å². The molecule has 0 saturated carbocycles. The van der Waals surface area contributed by atoms with Crippen LogP contribution in [-0.2, 0) is 4.74 Å². The van der Waals surface area contributed by atoms with E-state index in [1.807, 2.05) is 51.1 Å². The van der Waals surface area contributed by atoms with Gasteiger partial charge in [0, 0.05) is 38.6 Å². The van der Waals surface area contributed by atoms with Crippen molar-refractivity contribution in [2.24, 2.45) is 4.99 Å². The number of alkyl carbamates (subject to hydrolysis) is 1. The predicted molar refractivity (Wildman–Crippen MR) is 129 cm³/mol. The van der Waals surface area contributed by atoms with Crippen molar-refractivity contribution in [3.05, 3.63) is 36.4 Å². The van der Waals surface area contributed by atoms with Gasteiger partial charge in [-0.3, -0.25) is 4.99 Å². The normalized spacial score (nSPS) is 11.4. The van der Waals surface area contributed by atoms with Crippen LogP contribution in [0.25, 0.3) is 10.9 Å². The van der Waals surface area contributed by atoms with Crippen molar-refractivity contribution >= 4 is 52.8 Å². The molecule has 1 heterocycles. The van der Waals surface area contributed by atoms with Crippen LogP contribution in [0.15, 0.2) is 41.4 Å². The Kier molecular flexibility index (Phi) is 10.5. The maximum Gasteiger partial charge on any atom is 0.407 e. The number of amides is 1. The number of carbonyl (C=O) groups is 1. The van der Waals surface area contributed by atoms with E-state index in [0.717, 1.165) is 16.7 Å². The zero-order chi connectivity index (χ0) is 20.4. The van der Waals surface area contributed by atoms with Crippen molar-refractivity contribution in [2.75, 3.05) is 38.5 Å². The summed E-state index contributed by atoms with van der Waals surface area (Å²) in [5, 5.41) is 13.4. The summed E-state index contributed by atoms with van der Waals surface area (Å²) in [4.78, 5) is 20.3. The van der Waals surface area contributed by atoms with Crippen molar-refractivity contribution in [3.8, 4) is 0 Å². The molecule has 0 atom stereocenters. The summed E-state index contributed by atoms with van der Waals surface area (Å²) in [7, 11) is 1.70. The Labute approximate surface area is 189 Å². The highest BCUT2D eigenvalue weighted by Gasteiger charge is 2.15. The van der Waals surface area contributed by atoms with Crippen LogP contribution in [0.2, 0.25) is 0 Å². The SMILES string of the molecule is CN=C(NCCNC(=O)OC(C)(C)C)NCCNc1ccc2ccccc2n1.I. The Morgan fingerprint density at radius 2 is 1.66 bits per heavy atom. The number of carbonyl (C=O) groups excluding carboxylic acids is 1. The molecule has 29 heavy (non-hydrogen) atoms. The highest BCUT2D eigenvalue weighted by molar-refractivity contribution is 14.0. The van der Waals surface area contributed by atoms with Crippen molar-refractivity contribution in [1.82, 2.24) is 20.9 Å². The molecule has 0 aliphatic heterocycles. The molecule has 0 aliphatic rings. The molecule has 1 aromatic heterocycles. The lowest BCUT2D eigenvalue weighted by Crippen LogP contribution is -2.43. The standard InChI is InChI=1S/C20H30N6O2.HI/c1-20(2,3)28-19(27)25-14-13-24-18(21-4)23-12-11-22-17-10-9-15-7-5-6-8-16(15)26-17;/h5-10H,11-14H2,1-4H3,(H,22,26)(H,25,27)(H2,21,23,24);1H. The van der Waals surface area contributed by atoms with Crippen LogP contribution in [0, 0.1) is 0 Å². The number of nitrogens with zero attached hydrogens (tertiary/aromatic N) is 2. The molecule has 9 heteroatoms. The summed E-state index contributed by atoms with van der Waals surface area (Å²) in [6.07, 6.45) is -0.427. The number of benzene rings is 1. The minimum Gasteiger partial charge on any atom is -0.444 e. The fraction of sp³-hybridized carbons (Fsp3) is 0.450. The summed E-state index contributed by atoms with van der Waals surface area (Å²) in [5.74, 6) is 1.50. The van der Waals surface area contributed by atoms with E-state index in [1.165, 1.54) is 0 Å². The van der Waals surface area contributed by atoms with Gasteiger partial charge < -0.3 is 26.0 Å². The first kappa shape index (κ1) is 24.7. The molecule has 0 aliphatic carbocycles. The molecule has 0 spiro atoms. The first-order valence-electron chi connectivity index (χ1n) is 9.38. The van der Waals surface area contributed by atoms with Gasteiger partial charge in [0.1, 0.15) is 11.4 Å². The molecule has 2 rings (SSSR count). The Morgan fingerprint density at radius 3 is 2.34 bits per heavy atom. The second kappa shape index (κ2) is 12.3. The number of aliphatic imine (C=N–C) groups is 1. The Morgan fingerprint density at radius 1 is 1.00 bits per heavy atom. The number of aromatic nitrogens is 1. The zero-order valence-electron chi connectivity index (χ0n) is 17.4. The minimum atomic E-state index is -0.498. The molecule has 0 radical (unpaired) electrons. The number of para-hydroxylation sites is 1. The van der Waals surface area contributed by atoms with E-state index in [1.54, 1.807) is 7.05 Å². The maximum absolute atomic E-state index is 11.6. The fourth-order valence-electron chi connectivity index (χ4n) is 2.42. The molecule has 8 nitrogen and oxygen atoms in total. The third-order valence-electron chi connectivity index (χ3n) is 3.63. The minimum absolute atomic E-state index is 0. The van der Waals surface area contributed by atoms with Gasteiger partial charge in [-0.2, -0.15) is 0 Å². The van der Waals surface area contributed by atoms with Gasteiger partial charge in [-0.1, -0.05) is 18.2 Å². The van der Waals surface area contributed by atoms with Crippen LogP contribution in [0.3, 0.4) is 0 Å². The molecule has 1 amide bonds. The molecule has 2 aromatic rings. The van der Waals surface area contributed by atoms with Gasteiger partial charge in [0.15, 0.2) is 5.96 Å². The van der Waals surface area contributed by atoms with Gasteiger partial charge in [0.2, 0.25) is 0 Å². The summed E-state index contributed by atoms with van der Waals surface area (Å²) in [5.41, 5.74) is 0.470. The number of fused-ring (bicyclic) bond motifs is 1. The van der Waals surface area contributed by atoms with E-state index in [-0.39, 0.29) is 24.0 Å². The zero-order valence-corrected chi connectivity index (χ0v) is 19.7. The quantitative estimate of drug-likeness (QED) is 0.196. The largest absolute Gasteiger partial charge is 0.444 e. The highest BCUT2D eigenvalue weighted by atomic mass is 127. The van der Waals surface area contributed by atoms with Crippen molar-refractivity contribution in [1.29, 1.82) is 0 Å². The summed E-state index contributed by atoms with van der Waals surface area (Å²) >= 11 is 0. The van der Waals surface area contributed by atoms with Crippen LogP contribution in [0.5, 0.6) is 0 Å². The third-order valence-corrected chi connectivity index (χ3v) is 3.63. The Bertz CT molecular complexity index is 807. The molecule has 0 saturated heterocycles. The van der Waals surface area contributed by atoms with Crippen LogP contribution in [0.4, 0.5) is 10.6 Å². The predicted octanol–water partition coefficient (Wildman–Crippen LogP) is 2.95. The van der Waals surface area contributed by atoms with E-state index in [2.05, 4.69) is 37.3 Å². The number of pyridine rings is 1. The lowest BCUT2D eigenvalue weighted by atomic mass is 10.2. The summed E-state index contributed by atoms with van der Waals surface area (Å²) < 4.78 is 5.18. The second-order valence-corrected chi connectivity index (χ2v) is 7.17. The molecule has 0 fully saturated rings. The van der Waals surface area contributed by atoms with Crippen LogP contribution in [-0.4, -0.2) is 55.9 Å². The smallest absolute Gasteiger partial charge is 0.407 e. The van der Waals surface area contributed by atoms with E-state index < -0.39 is 11.7 Å². The van der Waals surface area contributed by atoms with Gasteiger partial charge in [-0.25, -0.2) is 9.78 Å². The van der Waals surface area contributed by atoms with E-state index in [9.17, 15) is 4.79 Å². The molecule has 1 aromatic carbocycles. The van der Waals surface area contributed by atoms with Gasteiger partial charge in [-0.15, -0.1) is 24.0 Å². The van der Waals surface area contributed by atoms with Gasteiger partial charge in [0.25, 0.3) is 0 Å². The number of hydrogen-bond donors (Lipinski definition) is 4. The molecule has 0 unspecified atom stereocenters. The molecule has 0 bridgehead atoms. The maximum atomic E-state index is 11.6. The molecule has 160 valence electrons. The average molecular weight is 514 g/mol. The molecule has 4 N–H and O–H groups in total. The number of ether oxygens (including phenoxy) is 1. The Hall–Kier alpha value is -2.30. The summed E-state index contributed by atoms with van der Waals surface area (Å²) in [6, 6.07) is 12.0. The number of hydrogen-bond acceptors (Lipinski definition) is 5. The number of guanidine groups is 1. The summed E-state index contributed by atoms with van der Waals surface area (Å²) in [6.45, 7) is 7.84. The average Bonchev–Trinajstić information content (AvgIpc) is 2.65. The van der Waals surface area contributed by atoms with E-state index in [4.69, 9.17) is 4.74 Å². The van der Waals surface area contributed by atoms with E-state index in [0.29, 0.717) is 32.1 Å². The molecular weight excluding hydrogens is 483 g/mol. The Balaban J connectivity index is 0.00000420. The van der Waals surface area contributed by atoms with Crippen molar-refractivity contribution in [3.63, 3.8) is 0 Å². The number of rotatable bonds is 7. The first-order valence-corrected chi connectivity index (χ1v) is 9.38. The number of nitrogens with one attached hydrogen (secondary N) is 4. The van der Waals surface area contributed by atoms with Crippen molar-refractivity contribution < 1.29 is 9.53 Å². The lowest BCUT2D eigenvalue weighted by molar-refractivity contribution is 0.0529. The second-order valence-electron chi connectivity index (χ2n) is 7.17. The van der Waals surface area contributed by atoms with Gasteiger partial charge in [0.05, 0.1) is 5.52 Å². The fourth-order valence-corrected chi connectivity index (χ4v) is 2.42. The monoisotopic (exact) mass is 514 g/mol. The molecular formula is C20H31IN6O2. The van der Waals surface area contributed by atoms with Crippen molar-refractivity contribution in [2.45, 2.75) is 26.4 Å². The lowest BCUT2D eigenvalue weighted by Gasteiger charge is -2.20. The topological polar surface area (TPSA) is 99.7 Å². The first-order chi connectivity index (χ1) is 13.4. The van der Waals surface area contributed by atoms with Gasteiger partial charge >= 0.3 is 6.09 Å². The van der Waals surface area contributed by atoms with Crippen LogP contribution < -0.4 is 21.3 Å². The van der Waals surface area contributed by atoms with Gasteiger partial charge in [-0.05, 0) is 39.0 Å². The van der Waals surface area contributed by atoms with Crippen LogP contribution >= 0.6 is 24.0 Å². The highest BCUT2D eigenvalue weighted by Crippen LogP contribution is 2.14.